The number of fused-ring (bicyclic) bond motifs is 2. The lowest BCUT2D eigenvalue weighted by Crippen LogP contribution is -2.52. The molecule has 2 saturated carbocycles. The molecular weight excluding hydrogens is 338 g/mol. The Morgan fingerprint density at radius 1 is 1.15 bits per heavy atom. The van der Waals surface area contributed by atoms with Crippen molar-refractivity contribution >= 4 is 11.6 Å². The first-order valence-corrected chi connectivity index (χ1v) is 10.5. The molecular formula is C22H33N3O2. The summed E-state index contributed by atoms with van der Waals surface area (Å²) in [6.07, 6.45) is 5.64. The van der Waals surface area contributed by atoms with Crippen LogP contribution < -0.4 is 15.0 Å². The molecule has 0 aromatic heterocycles. The number of amides is 1. The summed E-state index contributed by atoms with van der Waals surface area (Å²) < 4.78 is 5.23. The van der Waals surface area contributed by atoms with E-state index in [9.17, 15) is 4.79 Å². The second-order valence-corrected chi connectivity index (χ2v) is 8.57. The van der Waals surface area contributed by atoms with E-state index >= 15 is 0 Å². The molecule has 2 aliphatic carbocycles. The highest BCUT2D eigenvalue weighted by atomic mass is 16.5. The molecule has 1 heterocycles. The van der Waals surface area contributed by atoms with Gasteiger partial charge in [0.15, 0.2) is 0 Å². The standard InChI is InChI=1S/C22H33N3O2/c1-16(21-14-17-3-4-18(21)13-17)23-15-22(26)25-11-9-24(10-12-25)19-5-7-20(27-2)8-6-19/h5-8,16-18,21,23H,3-4,9-15H2,1-2H3/t16-,17+,18+,21-/m1/s1. The zero-order valence-electron chi connectivity index (χ0n) is 16.7. The highest BCUT2D eigenvalue weighted by Gasteiger charge is 2.41. The van der Waals surface area contributed by atoms with Crippen molar-refractivity contribution in [2.75, 3.05) is 44.7 Å². The maximum atomic E-state index is 12.6. The van der Waals surface area contributed by atoms with Crippen molar-refractivity contribution in [1.29, 1.82) is 0 Å². The third-order valence-electron chi connectivity index (χ3n) is 7.08. The SMILES string of the molecule is COc1ccc(N2CCN(C(=O)CN[C@H](C)[C@H]3C[C@H]4CC[C@H]3C4)CC2)cc1. The number of piperazine rings is 1. The normalized spacial score (nSPS) is 28.4. The molecule has 1 aromatic rings. The summed E-state index contributed by atoms with van der Waals surface area (Å²) in [5.41, 5.74) is 1.20. The van der Waals surface area contributed by atoms with Gasteiger partial charge < -0.3 is 19.9 Å². The third kappa shape index (κ3) is 4.08. The lowest BCUT2D eigenvalue weighted by molar-refractivity contribution is -0.130. The Bertz CT molecular complexity index is 639. The predicted molar refractivity (Wildman–Crippen MR) is 108 cm³/mol. The fraction of sp³-hybridized carbons (Fsp3) is 0.682. The summed E-state index contributed by atoms with van der Waals surface area (Å²) in [6.45, 7) is 6.14. The van der Waals surface area contributed by atoms with Crippen LogP contribution in [0.5, 0.6) is 5.75 Å². The van der Waals surface area contributed by atoms with E-state index in [0.717, 1.165) is 49.7 Å². The molecule has 148 valence electrons. The topological polar surface area (TPSA) is 44.8 Å². The number of nitrogens with one attached hydrogen (secondary N) is 1. The largest absolute Gasteiger partial charge is 0.497 e. The van der Waals surface area contributed by atoms with Gasteiger partial charge in [-0.05, 0) is 68.2 Å². The minimum Gasteiger partial charge on any atom is -0.497 e. The Morgan fingerprint density at radius 3 is 2.48 bits per heavy atom. The van der Waals surface area contributed by atoms with Crippen LogP contribution in [0.4, 0.5) is 5.69 Å². The molecule has 0 spiro atoms. The monoisotopic (exact) mass is 371 g/mol. The molecule has 1 amide bonds. The highest BCUT2D eigenvalue weighted by Crippen LogP contribution is 2.49. The predicted octanol–water partition coefficient (Wildman–Crippen LogP) is 2.76. The summed E-state index contributed by atoms with van der Waals surface area (Å²) in [4.78, 5) is 17.0. The van der Waals surface area contributed by atoms with Crippen LogP contribution in [0.25, 0.3) is 0 Å². The van der Waals surface area contributed by atoms with Crippen LogP contribution in [0.3, 0.4) is 0 Å². The first-order chi connectivity index (χ1) is 13.1. The Hall–Kier alpha value is -1.75. The summed E-state index contributed by atoms with van der Waals surface area (Å²) >= 11 is 0. The molecule has 4 rings (SSSR count). The van der Waals surface area contributed by atoms with Crippen molar-refractivity contribution in [3.63, 3.8) is 0 Å². The van der Waals surface area contributed by atoms with E-state index in [1.165, 1.54) is 31.4 Å². The Labute approximate surface area is 163 Å². The molecule has 0 unspecified atom stereocenters. The van der Waals surface area contributed by atoms with Gasteiger partial charge in [0.05, 0.1) is 13.7 Å². The van der Waals surface area contributed by atoms with Gasteiger partial charge in [-0.2, -0.15) is 0 Å². The van der Waals surface area contributed by atoms with E-state index < -0.39 is 0 Å². The quantitative estimate of drug-likeness (QED) is 0.835. The van der Waals surface area contributed by atoms with Crippen LogP contribution in [0, 0.1) is 17.8 Å². The number of nitrogens with zero attached hydrogens (tertiary/aromatic N) is 2. The minimum absolute atomic E-state index is 0.249. The maximum absolute atomic E-state index is 12.6. The number of ether oxygens (including phenoxy) is 1. The van der Waals surface area contributed by atoms with Gasteiger partial charge in [0.25, 0.3) is 0 Å². The van der Waals surface area contributed by atoms with Crippen molar-refractivity contribution in [3.05, 3.63) is 24.3 Å². The van der Waals surface area contributed by atoms with Gasteiger partial charge >= 0.3 is 0 Å². The molecule has 1 N–H and O–H groups in total. The molecule has 4 atom stereocenters. The molecule has 1 aliphatic heterocycles. The number of benzene rings is 1. The summed E-state index contributed by atoms with van der Waals surface area (Å²) in [5.74, 6) is 3.78. The van der Waals surface area contributed by atoms with Gasteiger partial charge in [-0.3, -0.25) is 4.79 Å². The van der Waals surface area contributed by atoms with Gasteiger partial charge in [0.2, 0.25) is 5.91 Å². The number of hydrogen-bond donors (Lipinski definition) is 1. The molecule has 27 heavy (non-hydrogen) atoms. The van der Waals surface area contributed by atoms with E-state index in [0.29, 0.717) is 12.6 Å². The number of carbonyl (C=O) groups excluding carboxylic acids is 1. The number of carbonyl (C=O) groups is 1. The van der Waals surface area contributed by atoms with E-state index in [1.54, 1.807) is 7.11 Å². The fourth-order valence-corrected chi connectivity index (χ4v) is 5.42. The first-order valence-electron chi connectivity index (χ1n) is 10.5. The minimum atomic E-state index is 0.249. The van der Waals surface area contributed by atoms with Crippen LogP contribution in [0.2, 0.25) is 0 Å². The van der Waals surface area contributed by atoms with Crippen molar-refractivity contribution in [1.82, 2.24) is 10.2 Å². The van der Waals surface area contributed by atoms with Crippen molar-refractivity contribution in [3.8, 4) is 5.75 Å². The smallest absolute Gasteiger partial charge is 0.236 e. The third-order valence-corrected chi connectivity index (χ3v) is 7.08. The average molecular weight is 372 g/mol. The summed E-state index contributed by atoms with van der Waals surface area (Å²) in [5, 5.41) is 3.54. The lowest BCUT2D eigenvalue weighted by Gasteiger charge is -2.36. The number of anilines is 1. The van der Waals surface area contributed by atoms with Gasteiger partial charge in [0.1, 0.15) is 5.75 Å². The lowest BCUT2D eigenvalue weighted by atomic mass is 9.84. The van der Waals surface area contributed by atoms with E-state index in [4.69, 9.17) is 4.74 Å². The zero-order valence-corrected chi connectivity index (χ0v) is 16.7. The number of rotatable bonds is 6. The van der Waals surface area contributed by atoms with Gasteiger partial charge in [-0.25, -0.2) is 0 Å². The molecule has 1 aromatic carbocycles. The van der Waals surface area contributed by atoms with Gasteiger partial charge in [-0.15, -0.1) is 0 Å². The zero-order chi connectivity index (χ0) is 18.8. The highest BCUT2D eigenvalue weighted by molar-refractivity contribution is 5.78. The van der Waals surface area contributed by atoms with Crippen molar-refractivity contribution < 1.29 is 9.53 Å². The Balaban J connectivity index is 1.21. The molecule has 1 saturated heterocycles. The first kappa shape index (κ1) is 18.6. The number of methoxy groups -OCH3 is 1. The second kappa shape index (κ2) is 8.09. The van der Waals surface area contributed by atoms with Gasteiger partial charge in [-0.1, -0.05) is 6.42 Å². The van der Waals surface area contributed by atoms with Crippen LogP contribution in [0.1, 0.15) is 32.6 Å². The average Bonchev–Trinajstić information content (AvgIpc) is 3.36. The van der Waals surface area contributed by atoms with Crippen molar-refractivity contribution in [2.45, 2.75) is 38.6 Å². The molecule has 0 radical (unpaired) electrons. The van der Waals surface area contributed by atoms with Crippen LogP contribution in [-0.4, -0.2) is 56.7 Å². The number of hydrogen-bond acceptors (Lipinski definition) is 4. The Kier molecular flexibility index (Phi) is 5.58. The summed E-state index contributed by atoms with van der Waals surface area (Å²) in [6, 6.07) is 8.63. The van der Waals surface area contributed by atoms with E-state index in [1.807, 2.05) is 17.0 Å². The van der Waals surface area contributed by atoms with Crippen molar-refractivity contribution in [2.24, 2.45) is 17.8 Å². The summed E-state index contributed by atoms with van der Waals surface area (Å²) in [7, 11) is 1.69. The van der Waals surface area contributed by atoms with Gasteiger partial charge in [0, 0.05) is 37.9 Å². The molecule has 5 heteroatoms. The molecule has 5 nitrogen and oxygen atoms in total. The molecule has 3 fully saturated rings. The Morgan fingerprint density at radius 2 is 1.89 bits per heavy atom. The van der Waals surface area contributed by atoms with Crippen LogP contribution >= 0.6 is 0 Å². The van der Waals surface area contributed by atoms with Crippen LogP contribution in [-0.2, 0) is 4.79 Å². The molecule has 2 bridgehead atoms. The second-order valence-electron chi connectivity index (χ2n) is 8.57. The molecule has 3 aliphatic rings. The van der Waals surface area contributed by atoms with Crippen LogP contribution in [0.15, 0.2) is 24.3 Å². The fourth-order valence-electron chi connectivity index (χ4n) is 5.42. The maximum Gasteiger partial charge on any atom is 0.236 e. The van der Waals surface area contributed by atoms with E-state index in [-0.39, 0.29) is 5.91 Å². The van der Waals surface area contributed by atoms with E-state index in [2.05, 4.69) is 29.3 Å².